The van der Waals surface area contributed by atoms with E-state index in [0.717, 1.165) is 38.8 Å². The zero-order valence-corrected chi connectivity index (χ0v) is 32.0. The first-order valence-corrected chi connectivity index (χ1v) is 21.7. The lowest BCUT2D eigenvalue weighted by molar-refractivity contribution is -0.148. The molecule has 0 bridgehead atoms. The van der Waals surface area contributed by atoms with Crippen LogP contribution in [0.4, 0.5) is 0 Å². The van der Waals surface area contributed by atoms with Crippen LogP contribution in [0, 0.1) is 0 Å². The Bertz CT molecular complexity index is 484. The summed E-state index contributed by atoms with van der Waals surface area (Å²) in [4.78, 5) is 0. The van der Waals surface area contributed by atoms with E-state index in [1.54, 1.807) is 0 Å². The maximum atomic E-state index is 6.30. The normalized spacial score (nSPS) is 11.7. The van der Waals surface area contributed by atoms with Crippen molar-refractivity contribution >= 4 is 9.76 Å². The van der Waals surface area contributed by atoms with Gasteiger partial charge in [0.15, 0.2) is 6.29 Å². The van der Waals surface area contributed by atoms with Crippen molar-refractivity contribution in [2.24, 2.45) is 5.73 Å². The molecule has 0 amide bonds. The molecule has 0 atom stereocenters. The van der Waals surface area contributed by atoms with E-state index in [2.05, 4.69) is 13.8 Å². The summed E-state index contributed by atoms with van der Waals surface area (Å²) in [6.45, 7) is 8.02. The highest BCUT2D eigenvalue weighted by Gasteiger charge is 2.09. The average Bonchev–Trinajstić information content (AvgIpc) is 3.05. The van der Waals surface area contributed by atoms with Gasteiger partial charge >= 0.3 is 0 Å². The van der Waals surface area contributed by atoms with Crippen molar-refractivity contribution in [3.63, 3.8) is 0 Å². The molecule has 0 saturated carbocycles. The summed E-state index contributed by atoms with van der Waals surface area (Å²) in [5, 5.41) is 0. The lowest BCUT2D eigenvalue weighted by Crippen LogP contribution is -2.19. The van der Waals surface area contributed by atoms with E-state index in [1.165, 1.54) is 199 Å². The Labute approximate surface area is 286 Å². The molecule has 2 N–H and O–H groups in total. The summed E-state index contributed by atoms with van der Waals surface area (Å²) in [6, 6.07) is 1.01. The number of hydrogen-bond acceptors (Lipinski definition) is 4. The quantitative estimate of drug-likeness (QED) is 0.0405. The van der Waals surface area contributed by atoms with Gasteiger partial charge in [0, 0.05) is 19.8 Å². The SMILES string of the molecule is CCCCCCCCCCCCOC(CCCCCCCCCCCCCO[Si]CCN)OCCCCCCCCCCCC. The Balaban J connectivity index is 3.87. The minimum absolute atomic E-state index is 0.0219. The lowest BCUT2D eigenvalue weighted by Gasteiger charge is -2.19. The van der Waals surface area contributed by atoms with Crippen molar-refractivity contribution < 1.29 is 13.9 Å². The zero-order chi connectivity index (χ0) is 32.6. The Morgan fingerprint density at radius 3 is 1.07 bits per heavy atom. The average molecular weight is 654 g/mol. The molecule has 0 unspecified atom stereocenters. The van der Waals surface area contributed by atoms with E-state index in [4.69, 9.17) is 19.6 Å². The second-order valence-electron chi connectivity index (χ2n) is 13.7. The monoisotopic (exact) mass is 654 g/mol. The van der Waals surface area contributed by atoms with E-state index >= 15 is 0 Å². The van der Waals surface area contributed by atoms with Crippen LogP contribution in [0.2, 0.25) is 6.04 Å². The minimum atomic E-state index is 0.0219. The van der Waals surface area contributed by atoms with Gasteiger partial charge in [0.25, 0.3) is 0 Å². The molecule has 2 radical (unpaired) electrons. The van der Waals surface area contributed by atoms with Gasteiger partial charge in [0.05, 0.1) is 0 Å². The van der Waals surface area contributed by atoms with Crippen molar-refractivity contribution in [1.82, 2.24) is 0 Å². The highest BCUT2D eigenvalue weighted by Crippen LogP contribution is 2.16. The molecule has 0 spiro atoms. The Morgan fingerprint density at radius 2 is 0.711 bits per heavy atom. The van der Waals surface area contributed by atoms with E-state index in [1.807, 2.05) is 0 Å². The molecule has 0 aromatic heterocycles. The molecule has 0 aromatic carbocycles. The highest BCUT2D eigenvalue weighted by atomic mass is 28.2. The van der Waals surface area contributed by atoms with Gasteiger partial charge < -0.3 is 19.6 Å². The van der Waals surface area contributed by atoms with Crippen LogP contribution in [0.5, 0.6) is 0 Å². The fourth-order valence-electron chi connectivity index (χ4n) is 6.10. The molecule has 270 valence electrons. The summed E-state index contributed by atoms with van der Waals surface area (Å²) in [6.07, 6.45) is 43.4. The number of unbranched alkanes of at least 4 members (excludes halogenated alkanes) is 28. The Kier molecular flexibility index (Phi) is 42.1. The van der Waals surface area contributed by atoms with Gasteiger partial charge in [-0.1, -0.05) is 187 Å². The molecular formula is C40H83NO3Si. The zero-order valence-electron chi connectivity index (χ0n) is 31.0. The second-order valence-corrected chi connectivity index (χ2v) is 14.8. The van der Waals surface area contributed by atoms with Gasteiger partial charge in [-0.25, -0.2) is 0 Å². The fourth-order valence-corrected chi connectivity index (χ4v) is 6.65. The van der Waals surface area contributed by atoms with Gasteiger partial charge in [-0.05, 0) is 44.7 Å². The van der Waals surface area contributed by atoms with Crippen LogP contribution in [0.25, 0.3) is 0 Å². The molecule has 0 fully saturated rings. The Morgan fingerprint density at radius 1 is 0.400 bits per heavy atom. The maximum Gasteiger partial charge on any atom is 0.230 e. The first kappa shape index (κ1) is 45.1. The predicted octanol–water partition coefficient (Wildman–Crippen LogP) is 12.9. The third kappa shape index (κ3) is 40.1. The van der Waals surface area contributed by atoms with Crippen LogP contribution < -0.4 is 5.73 Å². The predicted molar refractivity (Wildman–Crippen MR) is 200 cm³/mol. The molecule has 0 saturated heterocycles. The molecule has 0 aliphatic heterocycles. The Hall–Kier alpha value is 0.0569. The van der Waals surface area contributed by atoms with Crippen LogP contribution in [-0.2, 0) is 13.9 Å². The van der Waals surface area contributed by atoms with Gasteiger partial charge in [-0.15, -0.1) is 0 Å². The molecular weight excluding hydrogens is 571 g/mol. The topological polar surface area (TPSA) is 53.7 Å². The van der Waals surface area contributed by atoms with Gasteiger partial charge in [0.1, 0.15) is 0 Å². The van der Waals surface area contributed by atoms with Crippen molar-refractivity contribution in [2.75, 3.05) is 26.4 Å². The van der Waals surface area contributed by atoms with E-state index in [9.17, 15) is 0 Å². The molecule has 0 aliphatic carbocycles. The minimum Gasteiger partial charge on any atom is -0.417 e. The van der Waals surface area contributed by atoms with E-state index in [-0.39, 0.29) is 6.29 Å². The van der Waals surface area contributed by atoms with Crippen LogP contribution in [0.15, 0.2) is 0 Å². The van der Waals surface area contributed by atoms with Gasteiger partial charge in [-0.3, -0.25) is 0 Å². The van der Waals surface area contributed by atoms with Crippen molar-refractivity contribution in [1.29, 1.82) is 0 Å². The third-order valence-electron chi connectivity index (χ3n) is 9.14. The molecule has 4 nitrogen and oxygen atoms in total. The molecule has 45 heavy (non-hydrogen) atoms. The second kappa shape index (κ2) is 42.1. The van der Waals surface area contributed by atoms with Crippen LogP contribution >= 0.6 is 0 Å². The highest BCUT2D eigenvalue weighted by molar-refractivity contribution is 6.27. The molecule has 0 aliphatic rings. The summed E-state index contributed by atoms with van der Waals surface area (Å²) in [5.74, 6) is 0. The summed E-state index contributed by atoms with van der Waals surface area (Å²) in [5.41, 5.74) is 5.50. The van der Waals surface area contributed by atoms with Gasteiger partial charge in [-0.2, -0.15) is 0 Å². The molecule has 0 heterocycles. The summed E-state index contributed by atoms with van der Waals surface area (Å²) >= 11 is 0. The number of hydrogen-bond donors (Lipinski definition) is 1. The maximum absolute atomic E-state index is 6.30. The smallest absolute Gasteiger partial charge is 0.230 e. The molecule has 5 heteroatoms. The number of nitrogens with two attached hydrogens (primary N) is 1. The van der Waals surface area contributed by atoms with Crippen molar-refractivity contribution in [2.45, 2.75) is 232 Å². The molecule has 0 rings (SSSR count). The summed E-state index contributed by atoms with van der Waals surface area (Å²) < 4.78 is 18.2. The van der Waals surface area contributed by atoms with E-state index in [0.29, 0.717) is 9.76 Å². The fraction of sp³-hybridized carbons (Fsp3) is 1.00. The first-order valence-electron chi connectivity index (χ1n) is 20.6. The number of ether oxygens (including phenoxy) is 2. The van der Waals surface area contributed by atoms with Gasteiger partial charge in [0.2, 0.25) is 9.76 Å². The molecule has 0 aromatic rings. The van der Waals surface area contributed by atoms with Crippen molar-refractivity contribution in [3.05, 3.63) is 0 Å². The standard InChI is InChI=1S/C40H83NO3Si/c1-3-5-7-9-11-13-19-23-27-31-36-42-40(43-37-32-28-24-20-14-12-10-8-6-4-2)34-30-26-22-18-16-15-17-21-25-29-33-38-44-45-39-35-41/h40H,3-39,41H2,1-2H3. The van der Waals surface area contributed by atoms with Crippen LogP contribution in [0.3, 0.4) is 0 Å². The van der Waals surface area contributed by atoms with Crippen LogP contribution in [0.1, 0.15) is 219 Å². The summed E-state index contributed by atoms with van der Waals surface area (Å²) in [7, 11) is 0.600. The lowest BCUT2D eigenvalue weighted by atomic mass is 10.1. The van der Waals surface area contributed by atoms with E-state index < -0.39 is 0 Å². The third-order valence-corrected chi connectivity index (χ3v) is 10.0. The van der Waals surface area contributed by atoms with Crippen LogP contribution in [-0.4, -0.2) is 42.4 Å². The van der Waals surface area contributed by atoms with Crippen molar-refractivity contribution in [3.8, 4) is 0 Å². The number of rotatable bonds is 41. The first-order chi connectivity index (χ1) is 22.3. The largest absolute Gasteiger partial charge is 0.417 e.